The second kappa shape index (κ2) is 6.40. The molecule has 0 heterocycles. The second-order valence-electron chi connectivity index (χ2n) is 4.64. The first-order chi connectivity index (χ1) is 8.00. The van der Waals surface area contributed by atoms with Crippen LogP contribution in [0.5, 0.6) is 0 Å². The van der Waals surface area contributed by atoms with E-state index >= 15 is 0 Å². The fourth-order valence-corrected chi connectivity index (χ4v) is 1.69. The van der Waals surface area contributed by atoms with Crippen LogP contribution in [-0.4, -0.2) is 31.4 Å². The standard InChI is InChI=1S/C14H22N2O/c1-11-5-6-13(12(2)9-11)10-15-8-7-14(17)16(3)4/h5-6,9,15H,7-8,10H2,1-4H3. The second-order valence-corrected chi connectivity index (χ2v) is 4.64. The summed E-state index contributed by atoms with van der Waals surface area (Å²) in [5.74, 6) is 0.165. The van der Waals surface area contributed by atoms with E-state index < -0.39 is 0 Å². The average Bonchev–Trinajstić information content (AvgIpc) is 2.26. The summed E-state index contributed by atoms with van der Waals surface area (Å²) in [6.45, 7) is 5.77. The molecule has 0 atom stereocenters. The average molecular weight is 234 g/mol. The van der Waals surface area contributed by atoms with Crippen LogP contribution in [0.2, 0.25) is 0 Å². The predicted octanol–water partition coefficient (Wildman–Crippen LogP) is 1.87. The third kappa shape index (κ3) is 4.57. The molecule has 0 saturated carbocycles. The van der Waals surface area contributed by atoms with E-state index in [9.17, 15) is 4.79 Å². The van der Waals surface area contributed by atoms with E-state index in [1.54, 1.807) is 19.0 Å². The van der Waals surface area contributed by atoms with Crippen LogP contribution in [0.4, 0.5) is 0 Å². The molecule has 0 bridgehead atoms. The first-order valence-electron chi connectivity index (χ1n) is 5.97. The Hall–Kier alpha value is -1.35. The summed E-state index contributed by atoms with van der Waals surface area (Å²) in [6, 6.07) is 6.45. The maximum atomic E-state index is 11.4. The van der Waals surface area contributed by atoms with Crippen LogP contribution in [-0.2, 0) is 11.3 Å². The van der Waals surface area contributed by atoms with Gasteiger partial charge in [-0.1, -0.05) is 23.8 Å². The van der Waals surface area contributed by atoms with Crippen LogP contribution in [0, 0.1) is 13.8 Å². The molecule has 1 N–H and O–H groups in total. The van der Waals surface area contributed by atoms with Gasteiger partial charge in [0.15, 0.2) is 0 Å². The van der Waals surface area contributed by atoms with E-state index in [-0.39, 0.29) is 5.91 Å². The molecule has 0 unspecified atom stereocenters. The molecule has 3 nitrogen and oxygen atoms in total. The van der Waals surface area contributed by atoms with Crippen molar-refractivity contribution in [1.82, 2.24) is 10.2 Å². The van der Waals surface area contributed by atoms with Gasteiger partial charge in [-0.25, -0.2) is 0 Å². The van der Waals surface area contributed by atoms with Gasteiger partial charge in [0.1, 0.15) is 0 Å². The summed E-state index contributed by atoms with van der Waals surface area (Å²) in [4.78, 5) is 13.0. The van der Waals surface area contributed by atoms with Crippen molar-refractivity contribution in [2.75, 3.05) is 20.6 Å². The molecule has 1 amide bonds. The smallest absolute Gasteiger partial charge is 0.223 e. The Labute approximate surface area is 104 Å². The highest BCUT2D eigenvalue weighted by Gasteiger charge is 2.03. The number of benzene rings is 1. The summed E-state index contributed by atoms with van der Waals surface area (Å²) in [7, 11) is 3.57. The number of carbonyl (C=O) groups is 1. The summed E-state index contributed by atoms with van der Waals surface area (Å²) >= 11 is 0. The van der Waals surface area contributed by atoms with Gasteiger partial charge in [-0.3, -0.25) is 4.79 Å². The number of hydrogen-bond donors (Lipinski definition) is 1. The summed E-state index contributed by atoms with van der Waals surface area (Å²) in [5.41, 5.74) is 3.89. The molecular formula is C14H22N2O. The van der Waals surface area contributed by atoms with Crippen LogP contribution in [0.15, 0.2) is 18.2 Å². The van der Waals surface area contributed by atoms with E-state index in [2.05, 4.69) is 37.4 Å². The number of aryl methyl sites for hydroxylation is 2. The fourth-order valence-electron chi connectivity index (χ4n) is 1.69. The van der Waals surface area contributed by atoms with Gasteiger partial charge in [-0.05, 0) is 25.0 Å². The third-order valence-corrected chi connectivity index (χ3v) is 2.83. The number of nitrogens with zero attached hydrogens (tertiary/aromatic N) is 1. The van der Waals surface area contributed by atoms with Crippen LogP contribution < -0.4 is 5.32 Å². The van der Waals surface area contributed by atoms with Gasteiger partial charge in [0, 0.05) is 33.6 Å². The van der Waals surface area contributed by atoms with Gasteiger partial charge in [-0.2, -0.15) is 0 Å². The molecule has 94 valence electrons. The highest BCUT2D eigenvalue weighted by atomic mass is 16.2. The predicted molar refractivity (Wildman–Crippen MR) is 70.9 cm³/mol. The first kappa shape index (κ1) is 13.7. The van der Waals surface area contributed by atoms with Crippen molar-refractivity contribution < 1.29 is 4.79 Å². The maximum absolute atomic E-state index is 11.4. The Morgan fingerprint density at radius 2 is 2.00 bits per heavy atom. The summed E-state index contributed by atoms with van der Waals surface area (Å²) < 4.78 is 0. The van der Waals surface area contributed by atoms with Crippen molar-refractivity contribution in [1.29, 1.82) is 0 Å². The number of rotatable bonds is 5. The number of nitrogens with one attached hydrogen (secondary N) is 1. The lowest BCUT2D eigenvalue weighted by Crippen LogP contribution is -2.26. The molecule has 0 aliphatic rings. The lowest BCUT2D eigenvalue weighted by Gasteiger charge is -2.11. The molecule has 0 saturated heterocycles. The van der Waals surface area contributed by atoms with Gasteiger partial charge in [-0.15, -0.1) is 0 Å². The SMILES string of the molecule is Cc1ccc(CNCCC(=O)N(C)C)c(C)c1. The van der Waals surface area contributed by atoms with Gasteiger partial charge in [0.25, 0.3) is 0 Å². The largest absolute Gasteiger partial charge is 0.349 e. The van der Waals surface area contributed by atoms with Crippen molar-refractivity contribution in [2.45, 2.75) is 26.8 Å². The molecule has 1 aromatic carbocycles. The summed E-state index contributed by atoms with van der Waals surface area (Å²) in [6.07, 6.45) is 0.553. The molecule has 0 radical (unpaired) electrons. The molecule has 1 rings (SSSR count). The van der Waals surface area contributed by atoms with Crippen molar-refractivity contribution in [3.63, 3.8) is 0 Å². The zero-order valence-corrected chi connectivity index (χ0v) is 11.2. The number of hydrogen-bond acceptors (Lipinski definition) is 2. The van der Waals surface area contributed by atoms with Crippen molar-refractivity contribution in [3.8, 4) is 0 Å². The maximum Gasteiger partial charge on any atom is 0.223 e. The van der Waals surface area contributed by atoms with E-state index in [4.69, 9.17) is 0 Å². The zero-order chi connectivity index (χ0) is 12.8. The summed E-state index contributed by atoms with van der Waals surface area (Å²) in [5, 5.41) is 3.30. The van der Waals surface area contributed by atoms with E-state index in [1.807, 2.05) is 0 Å². The Kier molecular flexibility index (Phi) is 5.16. The van der Waals surface area contributed by atoms with Crippen LogP contribution in [0.25, 0.3) is 0 Å². The normalized spacial score (nSPS) is 10.4. The fraction of sp³-hybridized carbons (Fsp3) is 0.500. The minimum atomic E-state index is 0.165. The molecule has 0 aliphatic heterocycles. The van der Waals surface area contributed by atoms with Crippen molar-refractivity contribution >= 4 is 5.91 Å². The quantitative estimate of drug-likeness (QED) is 0.789. The van der Waals surface area contributed by atoms with E-state index in [1.165, 1.54) is 16.7 Å². The first-order valence-corrected chi connectivity index (χ1v) is 5.97. The van der Waals surface area contributed by atoms with Gasteiger partial charge in [0.05, 0.1) is 0 Å². The molecule has 0 spiro atoms. The Balaban J connectivity index is 2.34. The van der Waals surface area contributed by atoms with Crippen molar-refractivity contribution in [2.24, 2.45) is 0 Å². The lowest BCUT2D eigenvalue weighted by molar-refractivity contribution is -0.128. The molecular weight excluding hydrogens is 212 g/mol. The minimum absolute atomic E-state index is 0.165. The van der Waals surface area contributed by atoms with Gasteiger partial charge < -0.3 is 10.2 Å². The Bertz CT molecular complexity index is 386. The highest BCUT2D eigenvalue weighted by molar-refractivity contribution is 5.75. The minimum Gasteiger partial charge on any atom is -0.349 e. The molecule has 17 heavy (non-hydrogen) atoms. The Morgan fingerprint density at radius 3 is 2.59 bits per heavy atom. The van der Waals surface area contributed by atoms with Crippen LogP contribution in [0.1, 0.15) is 23.1 Å². The number of carbonyl (C=O) groups excluding carboxylic acids is 1. The zero-order valence-electron chi connectivity index (χ0n) is 11.2. The van der Waals surface area contributed by atoms with E-state index in [0.29, 0.717) is 6.42 Å². The monoisotopic (exact) mass is 234 g/mol. The molecule has 0 aromatic heterocycles. The molecule has 3 heteroatoms. The molecule has 0 fully saturated rings. The number of amides is 1. The van der Waals surface area contributed by atoms with Crippen molar-refractivity contribution in [3.05, 3.63) is 34.9 Å². The Morgan fingerprint density at radius 1 is 1.29 bits per heavy atom. The lowest BCUT2D eigenvalue weighted by atomic mass is 10.1. The van der Waals surface area contributed by atoms with Gasteiger partial charge in [0.2, 0.25) is 5.91 Å². The van der Waals surface area contributed by atoms with Crippen LogP contribution >= 0.6 is 0 Å². The van der Waals surface area contributed by atoms with E-state index in [0.717, 1.165) is 13.1 Å². The highest BCUT2D eigenvalue weighted by Crippen LogP contribution is 2.09. The third-order valence-electron chi connectivity index (χ3n) is 2.83. The topological polar surface area (TPSA) is 32.3 Å². The molecule has 1 aromatic rings. The molecule has 0 aliphatic carbocycles. The van der Waals surface area contributed by atoms with Gasteiger partial charge >= 0.3 is 0 Å². The van der Waals surface area contributed by atoms with Crippen LogP contribution in [0.3, 0.4) is 0 Å².